The van der Waals surface area contributed by atoms with Gasteiger partial charge in [0.1, 0.15) is 16.7 Å². The molecule has 3 aromatic rings. The fourth-order valence-corrected chi connectivity index (χ4v) is 4.65. The van der Waals surface area contributed by atoms with Gasteiger partial charge in [-0.05, 0) is 12.0 Å². The minimum Gasteiger partial charge on any atom is -0.336 e. The Morgan fingerprint density at radius 3 is 2.81 bits per heavy atom. The van der Waals surface area contributed by atoms with Gasteiger partial charge in [-0.2, -0.15) is 5.10 Å². The van der Waals surface area contributed by atoms with Gasteiger partial charge in [0.05, 0.1) is 10.6 Å². The van der Waals surface area contributed by atoms with Crippen LogP contribution in [0.2, 0.25) is 0 Å². The van der Waals surface area contributed by atoms with Crippen molar-refractivity contribution in [2.75, 3.05) is 19.6 Å². The van der Waals surface area contributed by atoms with Gasteiger partial charge in [-0.3, -0.25) is 9.48 Å². The number of halogens is 1. The van der Waals surface area contributed by atoms with Crippen LogP contribution in [0.4, 0.5) is 0 Å². The lowest BCUT2D eigenvalue weighted by Gasteiger charge is -2.35. The number of fused-ring (bicyclic) bond motifs is 1. The number of thiophene rings is 1. The molecular formula is C18H25ClN6OS. The molecule has 1 fully saturated rings. The number of piperazine rings is 1. The molecule has 3 aromatic heterocycles. The Hall–Kier alpha value is -1.90. The third-order valence-corrected chi connectivity index (χ3v) is 6.15. The predicted molar refractivity (Wildman–Crippen MR) is 110 cm³/mol. The summed E-state index contributed by atoms with van der Waals surface area (Å²) in [6.45, 7) is 6.47. The van der Waals surface area contributed by atoms with Crippen LogP contribution < -0.4 is 5.32 Å². The van der Waals surface area contributed by atoms with Crippen LogP contribution in [0, 0.1) is 0 Å². The first-order valence-electron chi connectivity index (χ1n) is 8.92. The quantitative estimate of drug-likeness (QED) is 0.723. The molecule has 0 aromatic carbocycles. The molecule has 9 heteroatoms. The van der Waals surface area contributed by atoms with Gasteiger partial charge in [0.2, 0.25) is 0 Å². The normalized spacial score (nSPS) is 17.5. The Labute approximate surface area is 168 Å². The van der Waals surface area contributed by atoms with Crippen LogP contribution in [0.15, 0.2) is 18.5 Å². The smallest absolute Gasteiger partial charge is 0.264 e. The van der Waals surface area contributed by atoms with Crippen LogP contribution in [0.3, 0.4) is 0 Å². The molecular weight excluding hydrogens is 384 g/mol. The van der Waals surface area contributed by atoms with Crippen molar-refractivity contribution < 1.29 is 4.79 Å². The summed E-state index contributed by atoms with van der Waals surface area (Å²) in [5, 5.41) is 9.09. The highest BCUT2D eigenvalue weighted by molar-refractivity contribution is 7.20. The lowest BCUT2D eigenvalue weighted by Crippen LogP contribution is -2.49. The Bertz CT molecular complexity index is 959. The Kier molecular flexibility index (Phi) is 5.60. The highest BCUT2D eigenvalue weighted by Gasteiger charge is 2.32. The molecule has 1 amide bonds. The Morgan fingerprint density at radius 2 is 2.15 bits per heavy atom. The number of nitrogens with zero attached hydrogens (tertiary/aromatic N) is 5. The first-order chi connectivity index (χ1) is 12.5. The van der Waals surface area contributed by atoms with Crippen LogP contribution in [0.25, 0.3) is 10.2 Å². The standard InChI is InChI=1S/C18H24N6OS.ClH/c1-11(2)15-12-9-14(26-18(12)23(4)21-15)17(25)24-8-5-19-10-13(24)16-20-6-7-22(16)3;/h6-7,9,11,13,19H,5,8,10H2,1-4H3;1H. The number of carbonyl (C=O) groups excluding carboxylic acids is 1. The summed E-state index contributed by atoms with van der Waals surface area (Å²) >= 11 is 1.53. The number of amides is 1. The summed E-state index contributed by atoms with van der Waals surface area (Å²) in [4.78, 5) is 21.6. The van der Waals surface area contributed by atoms with E-state index < -0.39 is 0 Å². The maximum Gasteiger partial charge on any atom is 0.264 e. The maximum absolute atomic E-state index is 13.3. The van der Waals surface area contributed by atoms with E-state index in [1.54, 1.807) is 6.20 Å². The largest absolute Gasteiger partial charge is 0.336 e. The van der Waals surface area contributed by atoms with Crippen molar-refractivity contribution in [1.29, 1.82) is 0 Å². The zero-order valence-electron chi connectivity index (χ0n) is 16.0. The summed E-state index contributed by atoms with van der Waals surface area (Å²) in [7, 11) is 3.92. The first-order valence-corrected chi connectivity index (χ1v) is 9.74. The highest BCUT2D eigenvalue weighted by Crippen LogP contribution is 2.33. The van der Waals surface area contributed by atoms with Gasteiger partial charge in [0.15, 0.2) is 0 Å². The molecule has 0 radical (unpaired) electrons. The van der Waals surface area contributed by atoms with E-state index in [1.807, 2.05) is 40.5 Å². The second-order valence-corrected chi connectivity index (χ2v) is 8.14. The lowest BCUT2D eigenvalue weighted by molar-refractivity contribution is 0.0626. The minimum atomic E-state index is -0.0517. The Morgan fingerprint density at radius 1 is 1.37 bits per heavy atom. The van der Waals surface area contributed by atoms with Crippen molar-refractivity contribution in [1.82, 2.24) is 29.5 Å². The minimum absolute atomic E-state index is 0. The molecule has 4 rings (SSSR count). The number of aromatic nitrogens is 4. The predicted octanol–water partition coefficient (Wildman–Crippen LogP) is 2.70. The number of rotatable bonds is 3. The average Bonchev–Trinajstić information content (AvgIpc) is 3.31. The van der Waals surface area contributed by atoms with E-state index in [1.165, 1.54) is 11.3 Å². The second-order valence-electron chi connectivity index (χ2n) is 7.11. The van der Waals surface area contributed by atoms with Crippen molar-refractivity contribution >= 4 is 39.9 Å². The molecule has 0 spiro atoms. The van der Waals surface area contributed by atoms with Gasteiger partial charge in [0.25, 0.3) is 5.91 Å². The monoisotopic (exact) mass is 408 g/mol. The molecule has 27 heavy (non-hydrogen) atoms. The summed E-state index contributed by atoms with van der Waals surface area (Å²) in [6, 6.07) is 1.96. The van der Waals surface area contributed by atoms with Crippen LogP contribution in [-0.2, 0) is 14.1 Å². The van der Waals surface area contributed by atoms with Gasteiger partial charge in [0, 0.05) is 51.5 Å². The van der Waals surface area contributed by atoms with Gasteiger partial charge in [-0.15, -0.1) is 23.7 Å². The molecule has 146 valence electrons. The molecule has 1 saturated heterocycles. The molecule has 1 atom stereocenters. The van der Waals surface area contributed by atoms with E-state index >= 15 is 0 Å². The third kappa shape index (κ3) is 3.37. The van der Waals surface area contributed by atoms with E-state index in [0.717, 1.165) is 39.7 Å². The molecule has 1 N–H and O–H groups in total. The first kappa shape index (κ1) is 19.9. The topological polar surface area (TPSA) is 68.0 Å². The van der Waals surface area contributed by atoms with E-state index in [0.29, 0.717) is 12.5 Å². The lowest BCUT2D eigenvalue weighted by atomic mass is 10.1. The number of aryl methyl sites for hydroxylation is 2. The average molecular weight is 409 g/mol. The molecule has 0 aliphatic carbocycles. The Balaban J connectivity index is 0.00000210. The van der Waals surface area contributed by atoms with Gasteiger partial charge in [-0.25, -0.2) is 4.98 Å². The highest BCUT2D eigenvalue weighted by atomic mass is 35.5. The number of imidazole rings is 1. The van der Waals surface area contributed by atoms with Crippen molar-refractivity contribution in [2.24, 2.45) is 14.1 Å². The van der Waals surface area contributed by atoms with E-state index in [4.69, 9.17) is 0 Å². The van der Waals surface area contributed by atoms with E-state index in [-0.39, 0.29) is 24.4 Å². The number of carbonyl (C=O) groups is 1. The van der Waals surface area contributed by atoms with Crippen molar-refractivity contribution in [2.45, 2.75) is 25.8 Å². The molecule has 1 aliphatic rings. The molecule has 0 saturated carbocycles. The summed E-state index contributed by atoms with van der Waals surface area (Å²) in [5.41, 5.74) is 1.05. The maximum atomic E-state index is 13.3. The SMILES string of the molecule is CC(C)c1nn(C)c2sc(C(=O)N3CCNCC3c3nccn3C)cc12.Cl. The zero-order valence-corrected chi connectivity index (χ0v) is 17.6. The van der Waals surface area contributed by atoms with Crippen LogP contribution in [0.1, 0.15) is 47.0 Å². The van der Waals surface area contributed by atoms with Crippen molar-refractivity contribution in [3.05, 3.63) is 34.9 Å². The summed E-state index contributed by atoms with van der Waals surface area (Å²) in [6.07, 6.45) is 3.71. The fourth-order valence-electron chi connectivity index (χ4n) is 3.62. The second kappa shape index (κ2) is 7.61. The van der Waals surface area contributed by atoms with Crippen LogP contribution in [-0.4, -0.2) is 49.8 Å². The van der Waals surface area contributed by atoms with E-state index in [2.05, 4.69) is 29.2 Å². The number of nitrogens with one attached hydrogen (secondary N) is 1. The molecule has 1 aliphatic heterocycles. The number of hydrogen-bond donors (Lipinski definition) is 1. The van der Waals surface area contributed by atoms with Gasteiger partial charge >= 0.3 is 0 Å². The fraction of sp³-hybridized carbons (Fsp3) is 0.500. The summed E-state index contributed by atoms with van der Waals surface area (Å²) < 4.78 is 3.88. The summed E-state index contributed by atoms with van der Waals surface area (Å²) in [5.74, 6) is 1.32. The van der Waals surface area contributed by atoms with E-state index in [9.17, 15) is 4.79 Å². The third-order valence-electron chi connectivity index (χ3n) is 4.96. The van der Waals surface area contributed by atoms with Gasteiger partial charge in [-0.1, -0.05) is 13.8 Å². The number of hydrogen-bond acceptors (Lipinski definition) is 5. The molecule has 7 nitrogen and oxygen atoms in total. The van der Waals surface area contributed by atoms with Gasteiger partial charge < -0.3 is 14.8 Å². The van der Waals surface area contributed by atoms with Crippen LogP contribution in [0.5, 0.6) is 0 Å². The molecule has 1 unspecified atom stereocenters. The van der Waals surface area contributed by atoms with Crippen molar-refractivity contribution in [3.8, 4) is 0 Å². The van der Waals surface area contributed by atoms with Crippen molar-refractivity contribution in [3.63, 3.8) is 0 Å². The molecule has 4 heterocycles. The zero-order chi connectivity index (χ0) is 18.4. The van der Waals surface area contributed by atoms with Crippen LogP contribution >= 0.6 is 23.7 Å². The molecule has 0 bridgehead atoms.